The Morgan fingerprint density at radius 1 is 1.53 bits per heavy atom. The number of hydrogen-bond donors (Lipinski definition) is 1. The maximum absolute atomic E-state index is 12.9. The summed E-state index contributed by atoms with van der Waals surface area (Å²) in [5, 5.41) is 11.8. The number of rotatable bonds is 4. The van der Waals surface area contributed by atoms with Crippen molar-refractivity contribution in [3.05, 3.63) is 28.5 Å². The summed E-state index contributed by atoms with van der Waals surface area (Å²) in [5.41, 5.74) is 0.517. The smallest absolute Gasteiger partial charge is 0.159 e. The highest BCUT2D eigenvalue weighted by Crippen LogP contribution is 2.24. The largest absolute Gasteiger partial charge is 0.348 e. The number of anilines is 1. The van der Waals surface area contributed by atoms with Crippen molar-refractivity contribution in [2.75, 3.05) is 5.32 Å². The Kier molecular flexibility index (Phi) is 5.58. The number of hydrogen-bond acceptors (Lipinski definition) is 3. The first-order chi connectivity index (χ1) is 8.86. The molecular weight excluding hydrogens is 331 g/mol. The molecule has 0 bridgehead atoms. The van der Waals surface area contributed by atoms with E-state index in [1.807, 2.05) is 6.07 Å². The summed E-state index contributed by atoms with van der Waals surface area (Å²) in [7, 11) is 0. The topological polar surface area (TPSA) is 52.9 Å². The van der Waals surface area contributed by atoms with Crippen LogP contribution >= 0.6 is 28.1 Å². The molecule has 1 unspecified atom stereocenters. The van der Waals surface area contributed by atoms with Crippen LogP contribution in [0, 0.1) is 29.0 Å². The van der Waals surface area contributed by atoms with E-state index in [1.54, 1.807) is 13.8 Å². The summed E-state index contributed by atoms with van der Waals surface area (Å²) in [6.07, 6.45) is 0. The van der Waals surface area contributed by atoms with E-state index in [0.29, 0.717) is 10.2 Å². The lowest BCUT2D eigenvalue weighted by Gasteiger charge is -2.15. The third-order valence-corrected chi connectivity index (χ3v) is 3.43. The van der Waals surface area contributed by atoms with Crippen LogP contribution in [-0.2, 0) is 4.79 Å². The third kappa shape index (κ3) is 4.08. The first-order valence-corrected chi connectivity index (χ1v) is 6.76. The van der Waals surface area contributed by atoms with E-state index in [9.17, 15) is 9.18 Å². The number of nitrogens with one attached hydrogen (secondary N) is 1. The minimum absolute atomic E-state index is 0.119. The lowest BCUT2D eigenvalue weighted by Crippen LogP contribution is -2.30. The first-order valence-electron chi connectivity index (χ1n) is 5.56. The van der Waals surface area contributed by atoms with Crippen LogP contribution < -0.4 is 5.32 Å². The lowest BCUT2D eigenvalue weighted by atomic mass is 9.96. The van der Waals surface area contributed by atoms with Gasteiger partial charge in [-0.15, -0.1) is 0 Å². The molecule has 0 heterocycles. The van der Waals surface area contributed by atoms with Gasteiger partial charge in [0.2, 0.25) is 0 Å². The second kappa shape index (κ2) is 6.73. The fourth-order valence-corrected chi connectivity index (χ4v) is 2.11. The molecule has 0 aromatic heterocycles. The quantitative estimate of drug-likeness (QED) is 0.847. The Morgan fingerprint density at radius 3 is 2.63 bits per heavy atom. The summed E-state index contributed by atoms with van der Waals surface area (Å²) in [6.45, 7) is 3.42. The molecule has 0 fully saturated rings. The summed E-state index contributed by atoms with van der Waals surface area (Å²) in [4.78, 5) is 11.9. The lowest BCUT2D eigenvalue weighted by molar-refractivity contribution is -0.122. The number of carbonyl (C=O) groups is 1. The number of nitrogens with zero attached hydrogens (tertiary/aromatic N) is 1. The van der Waals surface area contributed by atoms with Gasteiger partial charge in [0.25, 0.3) is 0 Å². The highest BCUT2D eigenvalue weighted by atomic mass is 79.9. The summed E-state index contributed by atoms with van der Waals surface area (Å²) in [6, 6.07) is 5.92. The van der Waals surface area contributed by atoms with Crippen molar-refractivity contribution in [1.82, 2.24) is 0 Å². The molecule has 0 saturated heterocycles. The summed E-state index contributed by atoms with van der Waals surface area (Å²) in [5.74, 6) is -1.90. The van der Waals surface area contributed by atoms with Crippen molar-refractivity contribution >= 4 is 44.6 Å². The second-order valence-corrected chi connectivity index (χ2v) is 5.53. The minimum atomic E-state index is -0.994. The number of halogens is 2. The average molecular weight is 343 g/mol. The van der Waals surface area contributed by atoms with Gasteiger partial charge in [-0.3, -0.25) is 4.79 Å². The molecule has 3 nitrogen and oxygen atoms in total. The van der Waals surface area contributed by atoms with Crippen LogP contribution in [0.3, 0.4) is 0 Å². The van der Waals surface area contributed by atoms with Crippen LogP contribution in [0.4, 0.5) is 10.1 Å². The van der Waals surface area contributed by atoms with Gasteiger partial charge in [0.1, 0.15) is 10.8 Å². The van der Waals surface area contributed by atoms with Gasteiger partial charge in [-0.05, 0) is 34.1 Å². The molecule has 0 spiro atoms. The van der Waals surface area contributed by atoms with E-state index in [-0.39, 0.29) is 16.7 Å². The number of carbonyl (C=O) groups excluding carboxylic acids is 1. The van der Waals surface area contributed by atoms with Crippen LogP contribution in [0.15, 0.2) is 22.7 Å². The van der Waals surface area contributed by atoms with Crippen molar-refractivity contribution in [2.24, 2.45) is 11.8 Å². The molecule has 1 rings (SSSR count). The highest BCUT2D eigenvalue weighted by Gasteiger charge is 2.25. The van der Waals surface area contributed by atoms with E-state index in [2.05, 4.69) is 21.2 Å². The van der Waals surface area contributed by atoms with Crippen molar-refractivity contribution in [1.29, 1.82) is 5.26 Å². The van der Waals surface area contributed by atoms with Gasteiger partial charge in [-0.25, -0.2) is 4.39 Å². The number of nitriles is 1. The third-order valence-electron chi connectivity index (χ3n) is 2.43. The zero-order chi connectivity index (χ0) is 14.6. The van der Waals surface area contributed by atoms with Gasteiger partial charge in [-0.1, -0.05) is 26.1 Å². The number of Topliss-reactive ketones (excluding diaryl/α,β-unsaturated/α-hetero) is 1. The molecule has 19 heavy (non-hydrogen) atoms. The molecule has 1 N–H and O–H groups in total. The minimum Gasteiger partial charge on any atom is -0.348 e. The predicted octanol–water partition coefficient (Wildman–Crippen LogP) is 3.69. The molecule has 1 atom stereocenters. The van der Waals surface area contributed by atoms with Crippen LogP contribution in [0.25, 0.3) is 0 Å². The maximum atomic E-state index is 12.9. The Labute approximate surface area is 124 Å². The molecule has 1 aromatic rings. The second-order valence-electron chi connectivity index (χ2n) is 4.23. The van der Waals surface area contributed by atoms with Crippen LogP contribution in [0.1, 0.15) is 13.8 Å². The van der Waals surface area contributed by atoms with Gasteiger partial charge in [0.15, 0.2) is 11.7 Å². The molecule has 0 aliphatic rings. The van der Waals surface area contributed by atoms with E-state index >= 15 is 0 Å². The van der Waals surface area contributed by atoms with Crippen molar-refractivity contribution in [2.45, 2.75) is 13.8 Å². The fraction of sp³-hybridized carbons (Fsp3) is 0.308. The maximum Gasteiger partial charge on any atom is 0.159 e. The molecular formula is C13H12BrFN2OS. The predicted molar refractivity (Wildman–Crippen MR) is 79.3 cm³/mol. The van der Waals surface area contributed by atoms with E-state index < -0.39 is 11.7 Å². The molecule has 0 aliphatic heterocycles. The van der Waals surface area contributed by atoms with Crippen molar-refractivity contribution in [3.8, 4) is 6.07 Å². The Hall–Kier alpha value is -1.32. The standard InChI is InChI=1S/C13H12BrFN2OS/c1-7(2)12(18)9(6-16)13(19)17-11-4-3-8(15)5-10(11)14/h3-5,7,9H,1-2H3,(H,17,19). The Balaban J connectivity index is 2.90. The Bertz CT molecular complexity index is 554. The van der Waals surface area contributed by atoms with E-state index in [1.165, 1.54) is 18.2 Å². The molecule has 0 amide bonds. The van der Waals surface area contributed by atoms with Crippen LogP contribution in [0.2, 0.25) is 0 Å². The molecule has 6 heteroatoms. The molecule has 0 aliphatic carbocycles. The molecule has 100 valence electrons. The monoisotopic (exact) mass is 342 g/mol. The summed E-state index contributed by atoms with van der Waals surface area (Å²) < 4.78 is 13.4. The summed E-state index contributed by atoms with van der Waals surface area (Å²) >= 11 is 8.26. The van der Waals surface area contributed by atoms with Gasteiger partial charge in [0.05, 0.1) is 11.8 Å². The molecule has 0 radical (unpaired) electrons. The van der Waals surface area contributed by atoms with Gasteiger partial charge >= 0.3 is 0 Å². The van der Waals surface area contributed by atoms with Gasteiger partial charge in [0, 0.05) is 10.4 Å². The van der Waals surface area contributed by atoms with Crippen LogP contribution in [0.5, 0.6) is 0 Å². The van der Waals surface area contributed by atoms with Gasteiger partial charge < -0.3 is 5.32 Å². The molecule has 1 aromatic carbocycles. The van der Waals surface area contributed by atoms with Crippen molar-refractivity contribution < 1.29 is 9.18 Å². The van der Waals surface area contributed by atoms with Gasteiger partial charge in [-0.2, -0.15) is 5.26 Å². The average Bonchev–Trinajstić information content (AvgIpc) is 2.33. The van der Waals surface area contributed by atoms with Crippen LogP contribution in [-0.4, -0.2) is 10.8 Å². The number of thiocarbonyl (C=S) groups is 1. The normalized spacial score (nSPS) is 11.8. The van der Waals surface area contributed by atoms with E-state index in [0.717, 1.165) is 0 Å². The number of ketones is 1. The highest BCUT2D eigenvalue weighted by molar-refractivity contribution is 9.10. The van der Waals surface area contributed by atoms with Crippen molar-refractivity contribution in [3.63, 3.8) is 0 Å². The zero-order valence-corrected chi connectivity index (χ0v) is 12.8. The SMILES string of the molecule is CC(C)C(=O)C(C#N)C(=S)Nc1ccc(F)cc1Br. The molecule has 0 saturated carbocycles. The number of benzene rings is 1. The Morgan fingerprint density at radius 2 is 2.16 bits per heavy atom. The first kappa shape index (κ1) is 15.7. The zero-order valence-electron chi connectivity index (χ0n) is 10.4. The fourth-order valence-electron chi connectivity index (χ4n) is 1.38. The van der Waals surface area contributed by atoms with E-state index in [4.69, 9.17) is 17.5 Å².